The minimum absolute atomic E-state index is 0.816. The molecule has 0 aromatic heterocycles. The summed E-state index contributed by atoms with van der Waals surface area (Å²) in [6.07, 6.45) is 13.1. The van der Waals surface area contributed by atoms with Gasteiger partial charge in [-0.3, -0.25) is 4.90 Å². The number of likely N-dealkylation sites (tertiary alicyclic amines) is 1. The SMILES string of the molecule is C1CCCC(N2CCC(NC3CC3)C2)CC1. The second-order valence-electron chi connectivity index (χ2n) is 6.07. The second kappa shape index (κ2) is 5.05. The van der Waals surface area contributed by atoms with Crippen molar-refractivity contribution in [2.24, 2.45) is 0 Å². The van der Waals surface area contributed by atoms with Crippen molar-refractivity contribution in [3.05, 3.63) is 0 Å². The summed E-state index contributed by atoms with van der Waals surface area (Å²) >= 11 is 0. The first-order chi connectivity index (χ1) is 7.92. The summed E-state index contributed by atoms with van der Waals surface area (Å²) in [7, 11) is 0. The average Bonchev–Trinajstić information content (AvgIpc) is 3.03. The van der Waals surface area contributed by atoms with Gasteiger partial charge in [0.05, 0.1) is 0 Å². The zero-order chi connectivity index (χ0) is 10.8. The molecule has 0 radical (unpaired) electrons. The highest BCUT2D eigenvalue weighted by atomic mass is 15.2. The maximum atomic E-state index is 3.80. The predicted molar refractivity (Wildman–Crippen MR) is 67.6 cm³/mol. The molecule has 1 N–H and O–H groups in total. The Hall–Kier alpha value is -0.0800. The Kier molecular flexibility index (Phi) is 3.49. The van der Waals surface area contributed by atoms with E-state index in [2.05, 4.69) is 10.2 Å². The lowest BCUT2D eigenvalue weighted by Crippen LogP contribution is -2.38. The van der Waals surface area contributed by atoms with E-state index in [4.69, 9.17) is 0 Å². The van der Waals surface area contributed by atoms with Gasteiger partial charge in [0.2, 0.25) is 0 Å². The molecule has 1 heterocycles. The van der Waals surface area contributed by atoms with Gasteiger partial charge >= 0.3 is 0 Å². The van der Waals surface area contributed by atoms with Crippen LogP contribution < -0.4 is 5.32 Å². The molecule has 2 saturated carbocycles. The summed E-state index contributed by atoms with van der Waals surface area (Å²) in [5, 5.41) is 3.80. The van der Waals surface area contributed by atoms with E-state index >= 15 is 0 Å². The van der Waals surface area contributed by atoms with Crippen LogP contribution in [-0.2, 0) is 0 Å². The van der Waals surface area contributed by atoms with E-state index in [9.17, 15) is 0 Å². The molecule has 3 fully saturated rings. The van der Waals surface area contributed by atoms with Crippen molar-refractivity contribution in [2.75, 3.05) is 13.1 Å². The van der Waals surface area contributed by atoms with Crippen LogP contribution in [0.5, 0.6) is 0 Å². The first-order valence-electron chi connectivity index (χ1n) is 7.42. The van der Waals surface area contributed by atoms with E-state index in [-0.39, 0.29) is 0 Å². The lowest BCUT2D eigenvalue weighted by molar-refractivity contribution is 0.216. The van der Waals surface area contributed by atoms with E-state index < -0.39 is 0 Å². The molecule has 2 aliphatic carbocycles. The third-order valence-electron chi connectivity index (χ3n) is 4.61. The van der Waals surface area contributed by atoms with Crippen molar-refractivity contribution < 1.29 is 0 Å². The Morgan fingerprint density at radius 2 is 1.50 bits per heavy atom. The van der Waals surface area contributed by atoms with Crippen molar-refractivity contribution >= 4 is 0 Å². The molecule has 0 aromatic carbocycles. The Bertz CT molecular complexity index is 217. The van der Waals surface area contributed by atoms with E-state index in [0.717, 1.165) is 18.1 Å². The van der Waals surface area contributed by atoms with Crippen LogP contribution in [0.3, 0.4) is 0 Å². The van der Waals surface area contributed by atoms with Gasteiger partial charge in [-0.1, -0.05) is 25.7 Å². The normalized spacial score (nSPS) is 34.1. The average molecular weight is 222 g/mol. The maximum Gasteiger partial charge on any atom is 0.0209 e. The van der Waals surface area contributed by atoms with Crippen LogP contribution in [0.25, 0.3) is 0 Å². The van der Waals surface area contributed by atoms with Gasteiger partial charge in [-0.2, -0.15) is 0 Å². The molecule has 92 valence electrons. The molecule has 0 spiro atoms. The maximum absolute atomic E-state index is 3.80. The summed E-state index contributed by atoms with van der Waals surface area (Å²) in [6, 6.07) is 2.63. The highest BCUT2D eigenvalue weighted by Gasteiger charge is 2.31. The van der Waals surface area contributed by atoms with Gasteiger partial charge in [0, 0.05) is 31.2 Å². The molecular formula is C14H26N2. The van der Waals surface area contributed by atoms with E-state index in [1.165, 1.54) is 70.9 Å². The van der Waals surface area contributed by atoms with E-state index in [1.54, 1.807) is 0 Å². The fourth-order valence-electron chi connectivity index (χ4n) is 3.46. The van der Waals surface area contributed by atoms with E-state index in [1.807, 2.05) is 0 Å². The predicted octanol–water partition coefficient (Wildman–Crippen LogP) is 2.54. The van der Waals surface area contributed by atoms with Crippen molar-refractivity contribution in [1.29, 1.82) is 0 Å². The number of nitrogens with zero attached hydrogens (tertiary/aromatic N) is 1. The van der Waals surface area contributed by atoms with Gasteiger partial charge in [0.25, 0.3) is 0 Å². The molecule has 0 aromatic rings. The van der Waals surface area contributed by atoms with Crippen molar-refractivity contribution in [1.82, 2.24) is 10.2 Å². The molecule has 1 aliphatic heterocycles. The van der Waals surface area contributed by atoms with Crippen LogP contribution in [0.4, 0.5) is 0 Å². The largest absolute Gasteiger partial charge is 0.310 e. The fraction of sp³-hybridized carbons (Fsp3) is 1.00. The fourth-order valence-corrected chi connectivity index (χ4v) is 3.46. The van der Waals surface area contributed by atoms with E-state index in [0.29, 0.717) is 0 Å². The Morgan fingerprint density at radius 1 is 0.750 bits per heavy atom. The van der Waals surface area contributed by atoms with Crippen LogP contribution >= 0.6 is 0 Å². The summed E-state index contributed by atoms with van der Waals surface area (Å²) in [4.78, 5) is 2.78. The Labute approximate surface area is 99.8 Å². The Balaban J connectivity index is 1.47. The highest BCUT2D eigenvalue weighted by molar-refractivity contribution is 4.91. The zero-order valence-corrected chi connectivity index (χ0v) is 10.5. The summed E-state index contributed by atoms with van der Waals surface area (Å²) in [5.74, 6) is 0. The summed E-state index contributed by atoms with van der Waals surface area (Å²) < 4.78 is 0. The molecule has 1 unspecified atom stereocenters. The van der Waals surface area contributed by atoms with Crippen molar-refractivity contribution in [3.63, 3.8) is 0 Å². The highest BCUT2D eigenvalue weighted by Crippen LogP contribution is 2.27. The van der Waals surface area contributed by atoms with Crippen molar-refractivity contribution in [3.8, 4) is 0 Å². The van der Waals surface area contributed by atoms with Crippen LogP contribution in [0.1, 0.15) is 57.8 Å². The number of rotatable bonds is 3. The topological polar surface area (TPSA) is 15.3 Å². The molecule has 2 heteroatoms. The van der Waals surface area contributed by atoms with Crippen LogP contribution in [0.15, 0.2) is 0 Å². The van der Waals surface area contributed by atoms with Crippen LogP contribution in [0, 0.1) is 0 Å². The molecule has 0 bridgehead atoms. The zero-order valence-electron chi connectivity index (χ0n) is 10.5. The van der Waals surface area contributed by atoms with Crippen LogP contribution in [0.2, 0.25) is 0 Å². The first kappa shape index (κ1) is 11.0. The smallest absolute Gasteiger partial charge is 0.0209 e. The molecule has 3 rings (SSSR count). The lowest BCUT2D eigenvalue weighted by atomic mass is 10.1. The first-order valence-corrected chi connectivity index (χ1v) is 7.42. The Morgan fingerprint density at radius 3 is 2.19 bits per heavy atom. The number of hydrogen-bond donors (Lipinski definition) is 1. The molecule has 0 amide bonds. The summed E-state index contributed by atoms with van der Waals surface area (Å²) in [5.41, 5.74) is 0. The third-order valence-corrected chi connectivity index (χ3v) is 4.61. The standard InChI is InChI=1S/C14H26N2/c1-2-4-6-14(5-3-1)16-10-9-13(11-16)15-12-7-8-12/h12-15H,1-11H2. The molecule has 1 atom stereocenters. The van der Waals surface area contributed by atoms with Gasteiger partial charge in [-0.15, -0.1) is 0 Å². The monoisotopic (exact) mass is 222 g/mol. The van der Waals surface area contributed by atoms with Crippen molar-refractivity contribution in [2.45, 2.75) is 75.9 Å². The molecule has 1 saturated heterocycles. The minimum Gasteiger partial charge on any atom is -0.310 e. The third kappa shape index (κ3) is 2.78. The molecule has 2 nitrogen and oxygen atoms in total. The molecular weight excluding hydrogens is 196 g/mol. The van der Waals surface area contributed by atoms with Gasteiger partial charge in [-0.05, 0) is 32.1 Å². The van der Waals surface area contributed by atoms with Gasteiger partial charge in [-0.25, -0.2) is 0 Å². The second-order valence-corrected chi connectivity index (χ2v) is 6.07. The quantitative estimate of drug-likeness (QED) is 0.738. The van der Waals surface area contributed by atoms with Gasteiger partial charge < -0.3 is 5.32 Å². The van der Waals surface area contributed by atoms with Gasteiger partial charge in [0.15, 0.2) is 0 Å². The summed E-state index contributed by atoms with van der Waals surface area (Å²) in [6.45, 7) is 2.69. The minimum atomic E-state index is 0.816. The molecule has 3 aliphatic rings. The number of nitrogens with one attached hydrogen (secondary N) is 1. The lowest BCUT2D eigenvalue weighted by Gasteiger charge is -2.26. The molecule has 16 heavy (non-hydrogen) atoms. The van der Waals surface area contributed by atoms with Gasteiger partial charge in [0.1, 0.15) is 0 Å². The van der Waals surface area contributed by atoms with Crippen LogP contribution in [-0.4, -0.2) is 36.1 Å². The number of hydrogen-bond acceptors (Lipinski definition) is 2.